The third-order valence-electron chi connectivity index (χ3n) is 2.65. The van der Waals surface area contributed by atoms with Gasteiger partial charge in [-0.1, -0.05) is 18.6 Å². The summed E-state index contributed by atoms with van der Waals surface area (Å²) in [6, 6.07) is 0. The van der Waals surface area contributed by atoms with Crippen LogP contribution in [0.5, 0.6) is 0 Å². The number of hydrogen-bond donors (Lipinski definition) is 1. The molecule has 0 saturated carbocycles. The summed E-state index contributed by atoms with van der Waals surface area (Å²) in [6.45, 7) is 2.37. The Kier molecular flexibility index (Phi) is 6.03. The van der Waals surface area contributed by atoms with Crippen molar-refractivity contribution in [1.29, 1.82) is 0 Å². The van der Waals surface area contributed by atoms with E-state index in [0.29, 0.717) is 12.4 Å². The molecule has 0 radical (unpaired) electrons. The lowest BCUT2D eigenvalue weighted by molar-refractivity contribution is 0.478. The fraction of sp³-hybridized carbons (Fsp3) is 0.778. The maximum Gasteiger partial charge on any atom is 0.260 e. The van der Waals surface area contributed by atoms with Crippen molar-refractivity contribution in [2.75, 3.05) is 12.4 Å². The Balaban J connectivity index is 2.77. The van der Waals surface area contributed by atoms with Crippen LogP contribution < -0.4 is 4.72 Å². The van der Waals surface area contributed by atoms with Crippen molar-refractivity contribution in [3.05, 3.63) is 4.60 Å². The second-order valence-corrected chi connectivity index (χ2v) is 6.72. The Bertz CT molecular complexity index is 471. The molecule has 18 heavy (non-hydrogen) atoms. The number of aryl methyl sites for hydroxylation is 1. The number of nitrogens with one attached hydrogen (secondary N) is 1. The number of halogens is 2. The van der Waals surface area contributed by atoms with Crippen molar-refractivity contribution >= 4 is 37.6 Å². The molecule has 1 N–H and O–H groups in total. The molecule has 9 heteroatoms. The summed E-state index contributed by atoms with van der Waals surface area (Å²) >= 11 is 8.74. The van der Waals surface area contributed by atoms with E-state index >= 15 is 0 Å². The predicted octanol–water partition coefficient (Wildman–Crippen LogP) is 1.51. The third-order valence-corrected chi connectivity index (χ3v) is 5.18. The van der Waals surface area contributed by atoms with E-state index in [1.165, 1.54) is 11.7 Å². The average Bonchev–Trinajstić information content (AvgIpc) is 2.65. The lowest BCUT2D eigenvalue weighted by Gasteiger charge is -2.14. The van der Waals surface area contributed by atoms with Gasteiger partial charge < -0.3 is 0 Å². The molecule has 1 unspecified atom stereocenters. The minimum absolute atomic E-state index is 0.0308. The van der Waals surface area contributed by atoms with Crippen molar-refractivity contribution in [2.24, 2.45) is 13.0 Å². The first-order chi connectivity index (χ1) is 8.42. The summed E-state index contributed by atoms with van der Waals surface area (Å²) < 4.78 is 28.2. The molecule has 0 fully saturated rings. The highest BCUT2D eigenvalue weighted by Gasteiger charge is 2.24. The quantitative estimate of drug-likeness (QED) is 0.749. The Hall–Kier alpha value is -0.180. The fourth-order valence-electron chi connectivity index (χ4n) is 1.51. The van der Waals surface area contributed by atoms with Crippen LogP contribution in [0.4, 0.5) is 0 Å². The van der Waals surface area contributed by atoms with E-state index in [-0.39, 0.29) is 15.5 Å². The lowest BCUT2D eigenvalue weighted by atomic mass is 10.0. The second kappa shape index (κ2) is 6.83. The smallest absolute Gasteiger partial charge is 0.235 e. The first-order valence-electron chi connectivity index (χ1n) is 5.53. The van der Waals surface area contributed by atoms with E-state index in [9.17, 15) is 8.42 Å². The largest absolute Gasteiger partial charge is 0.260 e. The predicted molar refractivity (Wildman–Crippen MR) is 73.0 cm³/mol. The molecule has 0 bridgehead atoms. The second-order valence-electron chi connectivity index (χ2n) is 3.91. The van der Waals surface area contributed by atoms with Crippen LogP contribution in [0.15, 0.2) is 9.63 Å². The van der Waals surface area contributed by atoms with E-state index in [1.54, 1.807) is 0 Å². The van der Waals surface area contributed by atoms with Gasteiger partial charge in [-0.2, -0.15) is 0 Å². The van der Waals surface area contributed by atoms with Gasteiger partial charge in [0.25, 0.3) is 10.0 Å². The Morgan fingerprint density at radius 1 is 1.56 bits per heavy atom. The SMILES string of the molecule is CCC(CCCl)CNS(=O)(=O)c1c(Br)nnn1C. The molecule has 0 aliphatic rings. The van der Waals surface area contributed by atoms with Crippen LogP contribution in [0.3, 0.4) is 0 Å². The van der Waals surface area contributed by atoms with E-state index in [1.807, 2.05) is 6.92 Å². The number of aromatic nitrogens is 3. The number of nitrogens with zero attached hydrogens (tertiary/aromatic N) is 3. The number of rotatable bonds is 7. The summed E-state index contributed by atoms with van der Waals surface area (Å²) in [6.07, 6.45) is 1.66. The van der Waals surface area contributed by atoms with Gasteiger partial charge in [-0.25, -0.2) is 17.8 Å². The number of sulfonamides is 1. The average molecular weight is 360 g/mol. The molecule has 0 amide bonds. The van der Waals surface area contributed by atoms with Gasteiger partial charge in [-0.05, 0) is 28.3 Å². The molecular weight excluding hydrogens is 344 g/mol. The van der Waals surface area contributed by atoms with E-state index in [0.717, 1.165) is 12.8 Å². The molecule has 0 aliphatic carbocycles. The van der Waals surface area contributed by atoms with Crippen molar-refractivity contribution in [1.82, 2.24) is 19.7 Å². The zero-order chi connectivity index (χ0) is 13.8. The van der Waals surface area contributed by atoms with Crippen molar-refractivity contribution in [2.45, 2.75) is 24.8 Å². The zero-order valence-corrected chi connectivity index (χ0v) is 13.4. The van der Waals surface area contributed by atoms with Gasteiger partial charge in [0.2, 0.25) is 5.03 Å². The summed E-state index contributed by atoms with van der Waals surface area (Å²) in [5, 5.41) is 7.33. The summed E-state index contributed by atoms with van der Waals surface area (Å²) in [5.41, 5.74) is 0. The normalized spacial score (nSPS) is 13.8. The first-order valence-corrected chi connectivity index (χ1v) is 8.34. The Morgan fingerprint density at radius 3 is 2.67 bits per heavy atom. The molecule has 0 saturated heterocycles. The minimum atomic E-state index is -3.60. The van der Waals surface area contributed by atoms with Crippen LogP contribution in [0.25, 0.3) is 0 Å². The molecule has 1 heterocycles. The molecule has 6 nitrogen and oxygen atoms in total. The fourth-order valence-corrected chi connectivity index (χ4v) is 4.02. The van der Waals surface area contributed by atoms with Gasteiger partial charge in [0.05, 0.1) is 0 Å². The standard InChI is InChI=1S/C9H16BrClN4O2S/c1-3-7(4-5-11)6-12-18(16,17)9-8(10)13-14-15(9)2/h7,12H,3-6H2,1-2H3. The van der Waals surface area contributed by atoms with Crippen molar-refractivity contribution < 1.29 is 8.42 Å². The summed E-state index contributed by atoms with van der Waals surface area (Å²) in [5.74, 6) is 0.759. The number of hydrogen-bond acceptors (Lipinski definition) is 4. The molecule has 1 rings (SSSR count). The van der Waals surface area contributed by atoms with Crippen LogP contribution >= 0.6 is 27.5 Å². The molecule has 0 aromatic carbocycles. The van der Waals surface area contributed by atoms with Gasteiger partial charge >= 0.3 is 0 Å². The van der Waals surface area contributed by atoms with Crippen LogP contribution in [0, 0.1) is 5.92 Å². The van der Waals surface area contributed by atoms with Crippen LogP contribution in [-0.4, -0.2) is 35.8 Å². The maximum absolute atomic E-state index is 12.1. The third kappa shape index (κ3) is 3.91. The molecule has 1 aromatic heterocycles. The summed E-state index contributed by atoms with van der Waals surface area (Å²) in [4.78, 5) is 0. The Morgan fingerprint density at radius 2 is 2.22 bits per heavy atom. The van der Waals surface area contributed by atoms with E-state index < -0.39 is 10.0 Å². The van der Waals surface area contributed by atoms with Crippen molar-refractivity contribution in [3.8, 4) is 0 Å². The van der Waals surface area contributed by atoms with Crippen LogP contribution in [-0.2, 0) is 17.1 Å². The molecule has 0 aliphatic heterocycles. The minimum Gasteiger partial charge on any atom is -0.235 e. The summed E-state index contributed by atoms with van der Waals surface area (Å²) in [7, 11) is -2.07. The van der Waals surface area contributed by atoms with Crippen molar-refractivity contribution in [3.63, 3.8) is 0 Å². The first kappa shape index (κ1) is 15.9. The molecular formula is C9H16BrClN4O2S. The number of alkyl halides is 1. The topological polar surface area (TPSA) is 76.9 Å². The molecule has 0 spiro atoms. The maximum atomic E-state index is 12.1. The van der Waals surface area contributed by atoms with E-state index in [4.69, 9.17) is 11.6 Å². The molecule has 104 valence electrons. The highest BCUT2D eigenvalue weighted by molar-refractivity contribution is 9.10. The van der Waals surface area contributed by atoms with Gasteiger partial charge in [0, 0.05) is 19.5 Å². The van der Waals surface area contributed by atoms with Crippen LogP contribution in [0.1, 0.15) is 19.8 Å². The van der Waals surface area contributed by atoms with Gasteiger partial charge in [-0.3, -0.25) is 0 Å². The Labute approximate surface area is 120 Å². The highest BCUT2D eigenvalue weighted by atomic mass is 79.9. The zero-order valence-electron chi connectivity index (χ0n) is 10.2. The van der Waals surface area contributed by atoms with Gasteiger partial charge in [0.1, 0.15) is 0 Å². The molecule has 1 aromatic rings. The molecule has 1 atom stereocenters. The lowest BCUT2D eigenvalue weighted by Crippen LogP contribution is -2.31. The van der Waals surface area contributed by atoms with Gasteiger partial charge in [0.15, 0.2) is 4.60 Å². The highest BCUT2D eigenvalue weighted by Crippen LogP contribution is 2.18. The van der Waals surface area contributed by atoms with Gasteiger partial charge in [-0.15, -0.1) is 16.7 Å². The van der Waals surface area contributed by atoms with E-state index in [2.05, 4.69) is 31.0 Å². The monoisotopic (exact) mass is 358 g/mol. The van der Waals surface area contributed by atoms with Crippen LogP contribution in [0.2, 0.25) is 0 Å².